The zero-order valence-corrected chi connectivity index (χ0v) is 10.2. The van der Waals surface area contributed by atoms with Gasteiger partial charge in [0.15, 0.2) is 0 Å². The van der Waals surface area contributed by atoms with Gasteiger partial charge in [-0.25, -0.2) is 0 Å². The minimum absolute atomic E-state index is 0.154. The van der Waals surface area contributed by atoms with Crippen LogP contribution in [0, 0.1) is 5.92 Å². The molecule has 4 heteroatoms. The van der Waals surface area contributed by atoms with Gasteiger partial charge in [-0.2, -0.15) is 0 Å². The second kappa shape index (κ2) is 6.00. The molecule has 1 saturated heterocycles. The Balaban J connectivity index is 2.10. The lowest BCUT2D eigenvalue weighted by molar-refractivity contribution is 0.0390. The quantitative estimate of drug-likeness (QED) is 0.616. The summed E-state index contributed by atoms with van der Waals surface area (Å²) < 4.78 is 10.7. The van der Waals surface area contributed by atoms with Crippen LogP contribution in [0.25, 0.3) is 0 Å². The van der Waals surface area contributed by atoms with Crippen LogP contribution in [0.15, 0.2) is 24.3 Å². The lowest BCUT2D eigenvalue weighted by atomic mass is 9.89. The number of hydrogen-bond acceptors (Lipinski definition) is 4. The molecule has 2 unspecified atom stereocenters. The number of rotatable bonds is 4. The maximum atomic E-state index is 5.67. The molecule has 3 N–H and O–H groups in total. The molecule has 1 aliphatic heterocycles. The van der Waals surface area contributed by atoms with Crippen LogP contribution in [-0.2, 0) is 4.74 Å². The second-order valence-corrected chi connectivity index (χ2v) is 4.39. The van der Waals surface area contributed by atoms with E-state index in [-0.39, 0.29) is 6.04 Å². The summed E-state index contributed by atoms with van der Waals surface area (Å²) in [6.45, 7) is 1.65. The van der Waals surface area contributed by atoms with Crippen LogP contribution in [0.1, 0.15) is 24.4 Å². The Morgan fingerprint density at radius 1 is 1.41 bits per heavy atom. The van der Waals surface area contributed by atoms with Crippen molar-refractivity contribution in [1.82, 2.24) is 5.43 Å². The predicted octanol–water partition coefficient (Wildman–Crippen LogP) is 1.63. The van der Waals surface area contributed by atoms with Gasteiger partial charge in [-0.3, -0.25) is 11.3 Å². The van der Waals surface area contributed by atoms with Crippen LogP contribution in [0.3, 0.4) is 0 Å². The summed E-state index contributed by atoms with van der Waals surface area (Å²) in [5, 5.41) is 0. The Kier molecular flexibility index (Phi) is 4.36. The number of nitrogens with two attached hydrogens (primary N) is 1. The minimum atomic E-state index is 0.154. The molecule has 1 aromatic rings. The minimum Gasteiger partial charge on any atom is -0.497 e. The Morgan fingerprint density at radius 3 is 2.71 bits per heavy atom. The lowest BCUT2D eigenvalue weighted by Gasteiger charge is -2.30. The second-order valence-electron chi connectivity index (χ2n) is 4.39. The first-order chi connectivity index (χ1) is 8.35. The summed E-state index contributed by atoms with van der Waals surface area (Å²) in [4.78, 5) is 0. The average Bonchev–Trinajstić information content (AvgIpc) is 2.42. The molecule has 1 heterocycles. The van der Waals surface area contributed by atoms with Gasteiger partial charge in [-0.05, 0) is 30.5 Å². The molecule has 1 aliphatic rings. The van der Waals surface area contributed by atoms with E-state index in [2.05, 4.69) is 17.6 Å². The van der Waals surface area contributed by atoms with E-state index < -0.39 is 0 Å². The Labute approximate surface area is 102 Å². The molecule has 17 heavy (non-hydrogen) atoms. The monoisotopic (exact) mass is 236 g/mol. The molecule has 2 rings (SSSR count). The molecule has 0 bridgehead atoms. The van der Waals surface area contributed by atoms with E-state index in [0.717, 1.165) is 31.8 Å². The van der Waals surface area contributed by atoms with E-state index in [4.69, 9.17) is 15.3 Å². The first-order valence-electron chi connectivity index (χ1n) is 6.03. The van der Waals surface area contributed by atoms with Crippen LogP contribution < -0.4 is 16.0 Å². The fourth-order valence-electron chi connectivity index (χ4n) is 2.34. The third-order valence-corrected chi connectivity index (χ3v) is 3.32. The number of hydrazine groups is 1. The molecule has 0 aliphatic carbocycles. The van der Waals surface area contributed by atoms with Gasteiger partial charge in [-0.15, -0.1) is 0 Å². The molecule has 1 aromatic carbocycles. The van der Waals surface area contributed by atoms with Gasteiger partial charge in [0.25, 0.3) is 0 Å². The highest BCUT2D eigenvalue weighted by Gasteiger charge is 2.24. The zero-order chi connectivity index (χ0) is 12.1. The van der Waals surface area contributed by atoms with Gasteiger partial charge in [0.05, 0.1) is 19.8 Å². The van der Waals surface area contributed by atoms with Gasteiger partial charge >= 0.3 is 0 Å². The molecule has 0 radical (unpaired) electrons. The van der Waals surface area contributed by atoms with E-state index >= 15 is 0 Å². The van der Waals surface area contributed by atoms with Crippen molar-refractivity contribution in [2.24, 2.45) is 11.8 Å². The number of nitrogens with one attached hydrogen (secondary N) is 1. The highest BCUT2D eigenvalue weighted by atomic mass is 16.5. The van der Waals surface area contributed by atoms with Crippen molar-refractivity contribution in [2.75, 3.05) is 20.3 Å². The SMILES string of the molecule is COc1ccc(C(NN)C2CCCOC2)cc1. The van der Waals surface area contributed by atoms with E-state index in [1.807, 2.05) is 12.1 Å². The summed E-state index contributed by atoms with van der Waals surface area (Å²) >= 11 is 0. The molecule has 1 fully saturated rings. The maximum absolute atomic E-state index is 5.67. The van der Waals surface area contributed by atoms with Gasteiger partial charge in [0.2, 0.25) is 0 Å². The van der Waals surface area contributed by atoms with Crippen LogP contribution >= 0.6 is 0 Å². The van der Waals surface area contributed by atoms with Gasteiger partial charge in [0, 0.05) is 12.5 Å². The fraction of sp³-hybridized carbons (Fsp3) is 0.538. The molecule has 0 spiro atoms. The Morgan fingerprint density at radius 2 is 2.18 bits per heavy atom. The molecular formula is C13H20N2O2. The van der Waals surface area contributed by atoms with Crippen molar-refractivity contribution in [3.05, 3.63) is 29.8 Å². The van der Waals surface area contributed by atoms with Crippen molar-refractivity contribution < 1.29 is 9.47 Å². The molecule has 0 amide bonds. The largest absolute Gasteiger partial charge is 0.497 e. The zero-order valence-electron chi connectivity index (χ0n) is 10.2. The third kappa shape index (κ3) is 2.97. The number of benzene rings is 1. The number of ether oxygens (including phenoxy) is 2. The van der Waals surface area contributed by atoms with E-state index in [1.165, 1.54) is 5.56 Å². The molecule has 4 nitrogen and oxygen atoms in total. The molecule has 94 valence electrons. The summed E-state index contributed by atoms with van der Waals surface area (Å²) in [6, 6.07) is 8.18. The summed E-state index contributed by atoms with van der Waals surface area (Å²) in [5.74, 6) is 6.98. The summed E-state index contributed by atoms with van der Waals surface area (Å²) in [5.41, 5.74) is 4.09. The normalized spacial score (nSPS) is 22.1. The number of methoxy groups -OCH3 is 1. The first kappa shape index (κ1) is 12.4. The van der Waals surface area contributed by atoms with Gasteiger partial charge in [0.1, 0.15) is 5.75 Å². The summed E-state index contributed by atoms with van der Waals surface area (Å²) in [6.07, 6.45) is 2.26. The van der Waals surface area contributed by atoms with Crippen LogP contribution in [0.5, 0.6) is 5.75 Å². The molecule has 0 saturated carbocycles. The van der Waals surface area contributed by atoms with Crippen molar-refractivity contribution in [3.8, 4) is 5.75 Å². The Hall–Kier alpha value is -1.10. The van der Waals surface area contributed by atoms with Crippen LogP contribution in [0.2, 0.25) is 0 Å². The molecule has 2 atom stereocenters. The lowest BCUT2D eigenvalue weighted by Crippen LogP contribution is -2.37. The maximum Gasteiger partial charge on any atom is 0.118 e. The molecular weight excluding hydrogens is 216 g/mol. The van der Waals surface area contributed by atoms with Crippen LogP contribution in [-0.4, -0.2) is 20.3 Å². The van der Waals surface area contributed by atoms with Crippen LogP contribution in [0.4, 0.5) is 0 Å². The average molecular weight is 236 g/mol. The number of hydrogen-bond donors (Lipinski definition) is 2. The fourth-order valence-corrected chi connectivity index (χ4v) is 2.34. The standard InChI is InChI=1S/C13H20N2O2/c1-16-12-6-4-10(5-7-12)13(15-14)11-3-2-8-17-9-11/h4-7,11,13,15H,2-3,8-9,14H2,1H3. The highest BCUT2D eigenvalue weighted by molar-refractivity contribution is 5.29. The first-order valence-corrected chi connectivity index (χ1v) is 6.03. The van der Waals surface area contributed by atoms with Crippen molar-refractivity contribution in [3.63, 3.8) is 0 Å². The summed E-state index contributed by atoms with van der Waals surface area (Å²) in [7, 11) is 1.67. The topological polar surface area (TPSA) is 56.5 Å². The van der Waals surface area contributed by atoms with Crippen molar-refractivity contribution in [1.29, 1.82) is 0 Å². The van der Waals surface area contributed by atoms with E-state index in [9.17, 15) is 0 Å². The predicted molar refractivity (Wildman–Crippen MR) is 66.6 cm³/mol. The van der Waals surface area contributed by atoms with Crippen molar-refractivity contribution >= 4 is 0 Å². The van der Waals surface area contributed by atoms with E-state index in [0.29, 0.717) is 5.92 Å². The Bertz CT molecular complexity index is 334. The highest BCUT2D eigenvalue weighted by Crippen LogP contribution is 2.29. The third-order valence-electron chi connectivity index (χ3n) is 3.32. The van der Waals surface area contributed by atoms with Gasteiger partial charge in [-0.1, -0.05) is 12.1 Å². The molecule has 0 aromatic heterocycles. The van der Waals surface area contributed by atoms with Gasteiger partial charge < -0.3 is 9.47 Å². The van der Waals surface area contributed by atoms with Crippen molar-refractivity contribution in [2.45, 2.75) is 18.9 Å². The van der Waals surface area contributed by atoms with E-state index in [1.54, 1.807) is 7.11 Å². The smallest absolute Gasteiger partial charge is 0.118 e.